The van der Waals surface area contributed by atoms with Crippen molar-refractivity contribution in [3.05, 3.63) is 94.0 Å². The molecule has 0 N–H and O–H groups in total. The first-order valence-electron chi connectivity index (χ1n) is 11.1. The van der Waals surface area contributed by atoms with E-state index in [4.69, 9.17) is 16.3 Å². The van der Waals surface area contributed by atoms with E-state index in [1.807, 2.05) is 41.3 Å². The fourth-order valence-electron chi connectivity index (χ4n) is 4.98. The summed E-state index contributed by atoms with van der Waals surface area (Å²) in [5, 5.41) is 0.679. The first kappa shape index (κ1) is 21.0. The van der Waals surface area contributed by atoms with Gasteiger partial charge in [0.1, 0.15) is 12.4 Å². The van der Waals surface area contributed by atoms with Gasteiger partial charge in [-0.25, -0.2) is 0 Å². The number of likely N-dealkylation sites (N-methyl/N-ethyl adjacent to an activating group) is 1. The second-order valence-electron chi connectivity index (χ2n) is 8.91. The van der Waals surface area contributed by atoms with Gasteiger partial charge in [-0.2, -0.15) is 0 Å². The van der Waals surface area contributed by atoms with Gasteiger partial charge in [0.2, 0.25) is 0 Å². The van der Waals surface area contributed by atoms with Crippen LogP contribution in [0.2, 0.25) is 5.02 Å². The normalized spacial score (nSPS) is 20.0. The minimum atomic E-state index is 0.0699. The van der Waals surface area contributed by atoms with E-state index in [0.717, 1.165) is 36.5 Å². The van der Waals surface area contributed by atoms with Crippen LogP contribution in [0.4, 0.5) is 5.69 Å². The minimum absolute atomic E-state index is 0.0699. The lowest BCUT2D eigenvalue weighted by molar-refractivity contribution is 0.0964. The molecular weight excluding hydrogens is 420 g/mol. The fourth-order valence-corrected chi connectivity index (χ4v) is 5.10. The number of likely N-dealkylation sites (tertiary alicyclic amines) is 1. The predicted molar refractivity (Wildman–Crippen MR) is 129 cm³/mol. The van der Waals surface area contributed by atoms with Crippen molar-refractivity contribution in [2.24, 2.45) is 0 Å². The Kier molecular flexibility index (Phi) is 5.66. The van der Waals surface area contributed by atoms with E-state index in [2.05, 4.69) is 37.1 Å². The van der Waals surface area contributed by atoms with Crippen LogP contribution in [0.25, 0.3) is 0 Å². The molecule has 2 aliphatic heterocycles. The van der Waals surface area contributed by atoms with Crippen molar-refractivity contribution in [2.45, 2.75) is 31.9 Å². The van der Waals surface area contributed by atoms with Gasteiger partial charge in [-0.1, -0.05) is 41.4 Å². The van der Waals surface area contributed by atoms with Crippen LogP contribution in [-0.4, -0.2) is 37.0 Å². The number of carbonyl (C=O) groups is 1. The molecule has 0 aromatic heterocycles. The zero-order chi connectivity index (χ0) is 22.2. The molecule has 0 aliphatic carbocycles. The largest absolute Gasteiger partial charge is 0.489 e. The number of rotatable bonds is 4. The maximum absolute atomic E-state index is 13.8. The number of nitrogens with zero attached hydrogens (tertiary/aromatic N) is 2. The van der Waals surface area contributed by atoms with Crippen LogP contribution in [0.15, 0.2) is 66.7 Å². The standard InChI is InChI=1S/C27H27ClN2O2/c1-18-6-11-25-23(14-18)24-16-29(2)13-12-26(24)30(25)27(31)20-5-3-4-19(15-20)17-32-22-9-7-21(28)8-10-22/h3-11,14-15,24,26H,12-13,16-17H2,1-2H3. The monoisotopic (exact) mass is 446 g/mol. The lowest BCUT2D eigenvalue weighted by Gasteiger charge is -2.36. The molecule has 5 heteroatoms. The number of fused-ring (bicyclic) bond motifs is 3. The SMILES string of the molecule is Cc1ccc2c(c1)C1CN(C)CCC1N2C(=O)c1cccc(COc2ccc(Cl)cc2)c1. The molecule has 1 amide bonds. The summed E-state index contributed by atoms with van der Waals surface area (Å²) >= 11 is 5.95. The highest BCUT2D eigenvalue weighted by Gasteiger charge is 2.44. The van der Waals surface area contributed by atoms with Crippen LogP contribution >= 0.6 is 11.6 Å². The molecule has 164 valence electrons. The molecule has 0 spiro atoms. The molecule has 5 rings (SSSR count). The number of benzene rings is 3. The van der Waals surface area contributed by atoms with E-state index in [1.165, 1.54) is 11.1 Å². The molecule has 2 aliphatic rings. The van der Waals surface area contributed by atoms with E-state index < -0.39 is 0 Å². The number of carbonyl (C=O) groups excluding carboxylic acids is 1. The number of halogens is 1. The maximum Gasteiger partial charge on any atom is 0.258 e. The second kappa shape index (κ2) is 8.61. The predicted octanol–water partition coefficient (Wildman–Crippen LogP) is 5.68. The van der Waals surface area contributed by atoms with E-state index in [9.17, 15) is 4.79 Å². The van der Waals surface area contributed by atoms with Gasteiger partial charge in [-0.15, -0.1) is 0 Å². The summed E-state index contributed by atoms with van der Waals surface area (Å²) in [5.74, 6) is 1.19. The quantitative estimate of drug-likeness (QED) is 0.517. The first-order chi connectivity index (χ1) is 15.5. The summed E-state index contributed by atoms with van der Waals surface area (Å²) < 4.78 is 5.89. The van der Waals surface area contributed by atoms with Crippen molar-refractivity contribution in [1.82, 2.24) is 4.90 Å². The van der Waals surface area contributed by atoms with E-state index in [1.54, 1.807) is 12.1 Å². The number of aryl methyl sites for hydroxylation is 1. The van der Waals surface area contributed by atoms with E-state index >= 15 is 0 Å². The maximum atomic E-state index is 13.8. The van der Waals surface area contributed by atoms with Gasteiger partial charge in [-0.05, 0) is 80.5 Å². The van der Waals surface area contributed by atoms with E-state index in [0.29, 0.717) is 23.1 Å². The third-order valence-corrected chi connectivity index (χ3v) is 6.82. The fraction of sp³-hybridized carbons (Fsp3) is 0.296. The molecule has 1 saturated heterocycles. The van der Waals surface area contributed by atoms with Crippen LogP contribution in [-0.2, 0) is 6.61 Å². The highest BCUT2D eigenvalue weighted by Crippen LogP contribution is 2.45. The smallest absolute Gasteiger partial charge is 0.258 e. The van der Waals surface area contributed by atoms with Crippen molar-refractivity contribution in [3.63, 3.8) is 0 Å². The van der Waals surface area contributed by atoms with Crippen molar-refractivity contribution in [1.29, 1.82) is 0 Å². The Labute approximate surface area is 194 Å². The van der Waals surface area contributed by atoms with Gasteiger partial charge in [0.25, 0.3) is 5.91 Å². The zero-order valence-corrected chi connectivity index (χ0v) is 19.2. The Balaban J connectivity index is 1.40. The summed E-state index contributed by atoms with van der Waals surface area (Å²) in [7, 11) is 2.17. The number of hydrogen-bond donors (Lipinski definition) is 0. The number of amides is 1. The molecule has 0 radical (unpaired) electrons. The molecule has 2 heterocycles. The van der Waals surface area contributed by atoms with Crippen molar-refractivity contribution >= 4 is 23.2 Å². The number of anilines is 1. The minimum Gasteiger partial charge on any atom is -0.489 e. The molecule has 3 aromatic rings. The summed E-state index contributed by atoms with van der Waals surface area (Å²) in [6, 6.07) is 21.8. The summed E-state index contributed by atoms with van der Waals surface area (Å²) in [6.07, 6.45) is 0.986. The average Bonchev–Trinajstić information content (AvgIpc) is 3.11. The Bertz CT molecular complexity index is 1140. The summed E-state index contributed by atoms with van der Waals surface area (Å²) in [6.45, 7) is 4.51. The van der Waals surface area contributed by atoms with Crippen LogP contribution < -0.4 is 9.64 Å². The lowest BCUT2D eigenvalue weighted by Crippen LogP contribution is -2.47. The molecule has 2 atom stereocenters. The van der Waals surface area contributed by atoms with Gasteiger partial charge >= 0.3 is 0 Å². The van der Waals surface area contributed by atoms with Crippen molar-refractivity contribution < 1.29 is 9.53 Å². The third kappa shape index (κ3) is 4.01. The molecule has 32 heavy (non-hydrogen) atoms. The molecule has 1 fully saturated rings. The van der Waals surface area contributed by atoms with Crippen LogP contribution in [0, 0.1) is 6.92 Å². The van der Waals surface area contributed by atoms with Crippen molar-refractivity contribution in [2.75, 3.05) is 25.0 Å². The Morgan fingerprint density at radius 3 is 2.72 bits per heavy atom. The first-order valence-corrected chi connectivity index (χ1v) is 11.5. The van der Waals surface area contributed by atoms with Gasteiger partial charge in [0.15, 0.2) is 0 Å². The summed E-state index contributed by atoms with van der Waals surface area (Å²) in [5.41, 5.74) is 5.28. The van der Waals surface area contributed by atoms with Gasteiger partial charge in [0.05, 0.1) is 0 Å². The van der Waals surface area contributed by atoms with E-state index in [-0.39, 0.29) is 11.9 Å². The number of ether oxygens (including phenoxy) is 1. The highest BCUT2D eigenvalue weighted by molar-refractivity contribution is 6.30. The molecule has 0 bridgehead atoms. The second-order valence-corrected chi connectivity index (χ2v) is 9.34. The molecule has 3 aromatic carbocycles. The number of hydrogen-bond acceptors (Lipinski definition) is 3. The van der Waals surface area contributed by atoms with Crippen LogP contribution in [0.3, 0.4) is 0 Å². The molecular formula is C27H27ClN2O2. The molecule has 0 saturated carbocycles. The average molecular weight is 447 g/mol. The lowest BCUT2D eigenvalue weighted by atomic mass is 9.88. The van der Waals surface area contributed by atoms with Crippen LogP contribution in [0.1, 0.15) is 39.4 Å². The van der Waals surface area contributed by atoms with Crippen molar-refractivity contribution in [3.8, 4) is 5.75 Å². The molecule has 2 unspecified atom stereocenters. The molecule has 4 nitrogen and oxygen atoms in total. The Hall–Kier alpha value is -2.82. The topological polar surface area (TPSA) is 32.8 Å². The van der Waals surface area contributed by atoms with Gasteiger partial charge in [0, 0.05) is 34.8 Å². The Morgan fingerprint density at radius 2 is 1.91 bits per heavy atom. The summed E-state index contributed by atoms with van der Waals surface area (Å²) in [4.78, 5) is 18.2. The Morgan fingerprint density at radius 1 is 1.09 bits per heavy atom. The third-order valence-electron chi connectivity index (χ3n) is 6.56. The number of piperidine rings is 1. The van der Waals surface area contributed by atoms with Crippen LogP contribution in [0.5, 0.6) is 5.75 Å². The highest BCUT2D eigenvalue weighted by atomic mass is 35.5. The van der Waals surface area contributed by atoms with Gasteiger partial charge in [-0.3, -0.25) is 4.79 Å². The van der Waals surface area contributed by atoms with Gasteiger partial charge < -0.3 is 14.5 Å². The zero-order valence-electron chi connectivity index (χ0n) is 18.4.